The number of carbonyl (C=O) groups is 2. The minimum Gasteiger partial charge on any atom is -0.351 e. The van der Waals surface area contributed by atoms with Crippen LogP contribution >= 0.6 is 39.9 Å². The van der Waals surface area contributed by atoms with Gasteiger partial charge >= 0.3 is 6.03 Å². The Morgan fingerprint density at radius 1 is 1.38 bits per heavy atom. The molecule has 0 atom stereocenters. The van der Waals surface area contributed by atoms with Gasteiger partial charge in [0.15, 0.2) is 0 Å². The summed E-state index contributed by atoms with van der Waals surface area (Å²) in [5.41, 5.74) is 4.81. The fourth-order valence-electron chi connectivity index (χ4n) is 0.795. The highest BCUT2D eigenvalue weighted by Crippen LogP contribution is 2.26. The number of hydrogen-bond acceptors (Lipinski definition) is 2. The number of halogens is 2. The topological polar surface area (TPSA) is 72.2 Å². The number of urea groups is 1. The van der Waals surface area contributed by atoms with Crippen molar-refractivity contribution in [3.63, 3.8) is 0 Å². The predicted octanol–water partition coefficient (Wildman–Crippen LogP) is 1.75. The molecule has 0 rings (SSSR count). The number of imide groups is 1. The molecule has 3 amide bonds. The van der Waals surface area contributed by atoms with Crippen LogP contribution in [0.3, 0.4) is 0 Å². The van der Waals surface area contributed by atoms with Gasteiger partial charge in [-0.15, -0.1) is 24.0 Å². The van der Waals surface area contributed by atoms with E-state index in [1.165, 1.54) is 0 Å². The SMILES string of the molecule is CCC(Br)(CC)C(=O)NC(N)=O.I. The lowest BCUT2D eigenvalue weighted by atomic mass is 10.0. The van der Waals surface area contributed by atoms with Gasteiger partial charge in [0.2, 0.25) is 5.91 Å². The zero-order chi connectivity index (χ0) is 9.78. The molecule has 3 N–H and O–H groups in total. The molecule has 0 aliphatic carbocycles. The largest absolute Gasteiger partial charge is 0.351 e. The van der Waals surface area contributed by atoms with Crippen molar-refractivity contribution in [2.24, 2.45) is 5.73 Å². The summed E-state index contributed by atoms with van der Waals surface area (Å²) in [5.74, 6) is -0.375. The summed E-state index contributed by atoms with van der Waals surface area (Å²) in [7, 11) is 0. The van der Waals surface area contributed by atoms with Crippen molar-refractivity contribution in [3.8, 4) is 0 Å². The maximum Gasteiger partial charge on any atom is 0.318 e. The van der Waals surface area contributed by atoms with E-state index < -0.39 is 10.4 Å². The Kier molecular flexibility index (Phi) is 7.90. The van der Waals surface area contributed by atoms with Crippen molar-refractivity contribution in [3.05, 3.63) is 0 Å². The first-order valence-electron chi connectivity index (χ1n) is 3.76. The first kappa shape index (κ1) is 15.6. The van der Waals surface area contributed by atoms with Crippen LogP contribution in [-0.2, 0) is 4.79 Å². The maximum atomic E-state index is 11.3. The molecule has 6 heteroatoms. The van der Waals surface area contributed by atoms with E-state index in [-0.39, 0.29) is 29.9 Å². The average molecular weight is 365 g/mol. The van der Waals surface area contributed by atoms with E-state index >= 15 is 0 Å². The van der Waals surface area contributed by atoms with Crippen LogP contribution in [0.2, 0.25) is 0 Å². The van der Waals surface area contributed by atoms with E-state index in [1.807, 2.05) is 19.2 Å². The maximum absolute atomic E-state index is 11.3. The lowest BCUT2D eigenvalue weighted by Gasteiger charge is -2.21. The van der Waals surface area contributed by atoms with Crippen LogP contribution in [0.5, 0.6) is 0 Å². The fraction of sp³-hybridized carbons (Fsp3) is 0.714. The molecule has 13 heavy (non-hydrogen) atoms. The van der Waals surface area contributed by atoms with Crippen LogP contribution < -0.4 is 11.1 Å². The molecule has 4 nitrogen and oxygen atoms in total. The minimum absolute atomic E-state index is 0. The van der Waals surface area contributed by atoms with E-state index in [0.29, 0.717) is 12.8 Å². The fourth-order valence-corrected chi connectivity index (χ4v) is 0.894. The van der Waals surface area contributed by atoms with Crippen LogP contribution in [0, 0.1) is 0 Å². The molecule has 0 unspecified atom stereocenters. The number of nitrogens with one attached hydrogen (secondary N) is 1. The third kappa shape index (κ3) is 4.80. The zero-order valence-electron chi connectivity index (χ0n) is 7.59. The zero-order valence-corrected chi connectivity index (χ0v) is 11.5. The quantitative estimate of drug-likeness (QED) is 0.591. The Balaban J connectivity index is 0. The molecule has 0 aliphatic heterocycles. The van der Waals surface area contributed by atoms with E-state index in [9.17, 15) is 9.59 Å². The van der Waals surface area contributed by atoms with Crippen molar-refractivity contribution < 1.29 is 9.59 Å². The van der Waals surface area contributed by atoms with Gasteiger partial charge in [0.1, 0.15) is 4.32 Å². The van der Waals surface area contributed by atoms with Gasteiger partial charge in [0.25, 0.3) is 0 Å². The molecule has 0 aromatic carbocycles. The standard InChI is InChI=1S/C7H13BrN2O2.HI/c1-3-7(8,4-2)5(11)10-6(9)12;/h3-4H2,1-2H3,(H3,9,10,11,12);1H. The van der Waals surface area contributed by atoms with Gasteiger partial charge in [-0.25, -0.2) is 4.79 Å². The van der Waals surface area contributed by atoms with Crippen LogP contribution in [0.4, 0.5) is 4.79 Å². The molecule has 0 aliphatic rings. The summed E-state index contributed by atoms with van der Waals surface area (Å²) in [6.07, 6.45) is 1.23. The van der Waals surface area contributed by atoms with Gasteiger partial charge in [0.05, 0.1) is 0 Å². The minimum atomic E-state index is -0.814. The second-order valence-electron chi connectivity index (χ2n) is 2.49. The molecule has 78 valence electrons. The van der Waals surface area contributed by atoms with E-state index in [4.69, 9.17) is 5.73 Å². The molecule has 0 saturated heterocycles. The van der Waals surface area contributed by atoms with Crippen molar-refractivity contribution in [1.29, 1.82) is 0 Å². The Hall–Kier alpha value is 0.150. The summed E-state index contributed by atoms with van der Waals surface area (Å²) >= 11 is 3.26. The first-order chi connectivity index (χ1) is 5.46. The third-order valence-corrected chi connectivity index (χ3v) is 3.25. The predicted molar refractivity (Wildman–Crippen MR) is 65.4 cm³/mol. The number of amides is 3. The molecule has 0 spiro atoms. The number of rotatable bonds is 3. The molecule has 0 fully saturated rings. The molecule has 0 radical (unpaired) electrons. The summed E-state index contributed by atoms with van der Waals surface area (Å²) in [4.78, 5) is 21.6. The van der Waals surface area contributed by atoms with Crippen LogP contribution in [0.25, 0.3) is 0 Å². The van der Waals surface area contributed by atoms with E-state index in [2.05, 4.69) is 15.9 Å². The van der Waals surface area contributed by atoms with Crippen molar-refractivity contribution >= 4 is 51.8 Å². The van der Waals surface area contributed by atoms with Gasteiger partial charge < -0.3 is 5.73 Å². The lowest BCUT2D eigenvalue weighted by molar-refractivity contribution is -0.122. The van der Waals surface area contributed by atoms with Crippen molar-refractivity contribution in [1.82, 2.24) is 5.32 Å². The van der Waals surface area contributed by atoms with Gasteiger partial charge in [-0.3, -0.25) is 10.1 Å². The Labute approximate surface area is 103 Å². The highest BCUT2D eigenvalue weighted by Gasteiger charge is 2.32. The van der Waals surface area contributed by atoms with Gasteiger partial charge in [-0.2, -0.15) is 0 Å². The molecule has 0 saturated carbocycles. The molecular formula is C7H14BrIN2O2. The smallest absolute Gasteiger partial charge is 0.318 e. The third-order valence-electron chi connectivity index (χ3n) is 1.76. The van der Waals surface area contributed by atoms with Crippen LogP contribution in [0.15, 0.2) is 0 Å². The van der Waals surface area contributed by atoms with Crippen molar-refractivity contribution in [2.45, 2.75) is 31.0 Å². The Morgan fingerprint density at radius 2 is 1.77 bits per heavy atom. The number of alkyl halides is 1. The van der Waals surface area contributed by atoms with Crippen LogP contribution in [0.1, 0.15) is 26.7 Å². The van der Waals surface area contributed by atoms with E-state index in [1.54, 1.807) is 0 Å². The summed E-state index contributed by atoms with van der Waals surface area (Å²) in [6, 6.07) is -0.814. The van der Waals surface area contributed by atoms with Gasteiger partial charge in [-0.1, -0.05) is 29.8 Å². The number of carbonyl (C=O) groups excluding carboxylic acids is 2. The molecule has 0 heterocycles. The number of primary amides is 1. The lowest BCUT2D eigenvalue weighted by Crippen LogP contribution is -2.46. The van der Waals surface area contributed by atoms with Crippen LogP contribution in [-0.4, -0.2) is 16.3 Å². The van der Waals surface area contributed by atoms with Crippen molar-refractivity contribution in [2.75, 3.05) is 0 Å². The Bertz CT molecular complexity index is 195. The van der Waals surface area contributed by atoms with Gasteiger partial charge in [-0.05, 0) is 12.8 Å². The summed E-state index contributed by atoms with van der Waals surface area (Å²) in [6.45, 7) is 3.72. The monoisotopic (exact) mass is 364 g/mol. The highest BCUT2D eigenvalue weighted by atomic mass is 127. The second kappa shape index (κ2) is 6.58. The normalized spacial score (nSPS) is 10.1. The van der Waals surface area contributed by atoms with E-state index in [0.717, 1.165) is 0 Å². The summed E-state index contributed by atoms with van der Waals surface area (Å²) < 4.78 is -0.665. The Morgan fingerprint density at radius 3 is 2.00 bits per heavy atom. The molecule has 0 bridgehead atoms. The second-order valence-corrected chi connectivity index (χ2v) is 4.01. The first-order valence-corrected chi connectivity index (χ1v) is 4.55. The number of nitrogens with two attached hydrogens (primary N) is 1. The number of hydrogen-bond donors (Lipinski definition) is 2. The van der Waals surface area contributed by atoms with Gasteiger partial charge in [0, 0.05) is 0 Å². The molecule has 0 aromatic heterocycles. The average Bonchev–Trinajstić information content (AvgIpc) is 2.02. The molecular weight excluding hydrogens is 351 g/mol. The molecule has 0 aromatic rings. The summed E-state index contributed by atoms with van der Waals surface area (Å²) in [5, 5.41) is 2.04. The highest BCUT2D eigenvalue weighted by molar-refractivity contribution is 14.0.